The number of rotatable bonds is 7. The maximum Gasteiger partial charge on any atom is 0.407 e. The minimum absolute atomic E-state index is 0.268. The third kappa shape index (κ3) is 11.7. The molecule has 1 amide bonds. The second kappa shape index (κ2) is 8.35. The summed E-state index contributed by atoms with van der Waals surface area (Å²) in [6.45, 7) is 13.7. The van der Waals surface area contributed by atoms with Gasteiger partial charge in [-0.15, -0.1) is 0 Å². The van der Waals surface area contributed by atoms with Crippen LogP contribution in [0.25, 0.3) is 0 Å². The van der Waals surface area contributed by atoms with Crippen LogP contribution in [-0.2, 0) is 4.74 Å². The summed E-state index contributed by atoms with van der Waals surface area (Å²) in [6, 6.07) is 0.268. The fraction of sp³-hybridized carbons (Fsp3) is 0.929. The predicted molar refractivity (Wildman–Crippen MR) is 75.8 cm³/mol. The zero-order valence-electron chi connectivity index (χ0n) is 12.8. The summed E-state index contributed by atoms with van der Waals surface area (Å²) in [5.74, 6) is 0.752. The zero-order valence-corrected chi connectivity index (χ0v) is 12.8. The second-order valence-electron chi connectivity index (χ2n) is 6.27. The first-order valence-corrected chi connectivity index (χ1v) is 6.91. The van der Waals surface area contributed by atoms with Gasteiger partial charge in [-0.3, -0.25) is 0 Å². The Labute approximate surface area is 112 Å². The first kappa shape index (κ1) is 17.2. The van der Waals surface area contributed by atoms with Gasteiger partial charge in [0.25, 0.3) is 0 Å². The Morgan fingerprint density at radius 1 is 1.22 bits per heavy atom. The van der Waals surface area contributed by atoms with Gasteiger partial charge in [0.2, 0.25) is 0 Å². The van der Waals surface area contributed by atoms with Gasteiger partial charge in [-0.05, 0) is 53.0 Å². The van der Waals surface area contributed by atoms with Crippen LogP contribution >= 0.6 is 0 Å². The molecule has 108 valence electrons. The van der Waals surface area contributed by atoms with Crippen molar-refractivity contribution >= 4 is 6.09 Å². The summed E-state index contributed by atoms with van der Waals surface area (Å²) in [5, 5.41) is 6.15. The van der Waals surface area contributed by atoms with Crippen LogP contribution in [0.15, 0.2) is 0 Å². The molecule has 4 nitrogen and oxygen atoms in total. The highest BCUT2D eigenvalue weighted by molar-refractivity contribution is 5.67. The lowest BCUT2D eigenvalue weighted by atomic mass is 10.1. The Kier molecular flexibility index (Phi) is 8.00. The van der Waals surface area contributed by atoms with E-state index in [4.69, 9.17) is 4.74 Å². The van der Waals surface area contributed by atoms with Crippen LogP contribution in [0.1, 0.15) is 54.4 Å². The molecule has 0 saturated carbocycles. The monoisotopic (exact) mass is 258 g/mol. The van der Waals surface area contributed by atoms with Crippen molar-refractivity contribution in [1.82, 2.24) is 10.6 Å². The Morgan fingerprint density at radius 2 is 1.83 bits per heavy atom. The number of alkyl carbamates (subject to hydrolysis) is 1. The van der Waals surface area contributed by atoms with Gasteiger partial charge in [-0.2, -0.15) is 0 Å². The van der Waals surface area contributed by atoms with Crippen molar-refractivity contribution in [2.45, 2.75) is 66.0 Å². The highest BCUT2D eigenvalue weighted by Gasteiger charge is 2.16. The molecule has 0 fully saturated rings. The molecule has 0 saturated heterocycles. The Hall–Kier alpha value is -0.770. The summed E-state index contributed by atoms with van der Waals surface area (Å²) >= 11 is 0. The van der Waals surface area contributed by atoms with Crippen molar-refractivity contribution in [1.29, 1.82) is 0 Å². The molecule has 4 heteroatoms. The van der Waals surface area contributed by atoms with Crippen molar-refractivity contribution < 1.29 is 9.53 Å². The smallest absolute Gasteiger partial charge is 0.407 e. The highest BCUT2D eigenvalue weighted by atomic mass is 16.6. The number of amides is 1. The van der Waals surface area contributed by atoms with Crippen LogP contribution in [-0.4, -0.2) is 30.8 Å². The molecule has 0 aromatic carbocycles. The minimum atomic E-state index is -0.433. The molecule has 0 aliphatic carbocycles. The molecule has 1 unspecified atom stereocenters. The van der Waals surface area contributed by atoms with E-state index in [0.717, 1.165) is 12.5 Å². The van der Waals surface area contributed by atoms with Gasteiger partial charge in [0, 0.05) is 12.6 Å². The molecule has 0 heterocycles. The molecule has 0 radical (unpaired) electrons. The fourth-order valence-electron chi connectivity index (χ4n) is 1.48. The van der Waals surface area contributed by atoms with Gasteiger partial charge < -0.3 is 15.4 Å². The van der Waals surface area contributed by atoms with Crippen molar-refractivity contribution in [2.75, 3.05) is 13.1 Å². The average molecular weight is 258 g/mol. The van der Waals surface area contributed by atoms with E-state index in [1.165, 1.54) is 12.8 Å². The summed E-state index contributed by atoms with van der Waals surface area (Å²) in [5.41, 5.74) is -0.433. The number of carbonyl (C=O) groups excluding carboxylic acids is 1. The lowest BCUT2D eigenvalue weighted by Gasteiger charge is -2.21. The molecule has 2 N–H and O–H groups in total. The maximum atomic E-state index is 11.4. The van der Waals surface area contributed by atoms with E-state index < -0.39 is 5.60 Å². The van der Waals surface area contributed by atoms with E-state index in [0.29, 0.717) is 6.54 Å². The lowest BCUT2D eigenvalue weighted by molar-refractivity contribution is 0.0523. The molecular weight excluding hydrogens is 228 g/mol. The molecular formula is C14H30N2O2. The van der Waals surface area contributed by atoms with E-state index >= 15 is 0 Å². The van der Waals surface area contributed by atoms with Crippen molar-refractivity contribution in [3.63, 3.8) is 0 Å². The molecule has 0 aromatic heterocycles. The number of carbonyl (C=O) groups is 1. The van der Waals surface area contributed by atoms with Gasteiger partial charge in [-0.25, -0.2) is 4.79 Å². The average Bonchev–Trinajstić information content (AvgIpc) is 2.19. The van der Waals surface area contributed by atoms with Crippen molar-refractivity contribution in [2.24, 2.45) is 5.92 Å². The van der Waals surface area contributed by atoms with Crippen LogP contribution in [0.3, 0.4) is 0 Å². The lowest BCUT2D eigenvalue weighted by Crippen LogP contribution is -2.41. The molecule has 0 aliphatic heterocycles. The first-order chi connectivity index (χ1) is 8.20. The summed E-state index contributed by atoms with van der Waals surface area (Å²) in [7, 11) is 0. The Bertz CT molecular complexity index is 234. The molecule has 1 atom stereocenters. The largest absolute Gasteiger partial charge is 0.444 e. The van der Waals surface area contributed by atoms with Crippen LogP contribution in [0, 0.1) is 5.92 Å². The van der Waals surface area contributed by atoms with E-state index in [9.17, 15) is 4.79 Å². The Balaban J connectivity index is 3.58. The normalized spacial score (nSPS) is 13.5. The number of nitrogens with one attached hydrogen (secondary N) is 2. The van der Waals surface area contributed by atoms with Crippen LogP contribution < -0.4 is 10.6 Å². The van der Waals surface area contributed by atoms with Crippen LogP contribution in [0.2, 0.25) is 0 Å². The predicted octanol–water partition coefficient (Wildman–Crippen LogP) is 2.93. The third-order valence-corrected chi connectivity index (χ3v) is 2.40. The van der Waals surface area contributed by atoms with E-state index in [-0.39, 0.29) is 12.1 Å². The third-order valence-electron chi connectivity index (χ3n) is 2.40. The quantitative estimate of drug-likeness (QED) is 0.690. The zero-order chi connectivity index (χ0) is 14.2. The molecule has 0 aromatic rings. The molecule has 18 heavy (non-hydrogen) atoms. The summed E-state index contributed by atoms with van der Waals surface area (Å²) in [4.78, 5) is 11.4. The van der Waals surface area contributed by atoms with Crippen LogP contribution in [0.4, 0.5) is 4.79 Å². The van der Waals surface area contributed by atoms with Gasteiger partial charge in [0.15, 0.2) is 0 Å². The van der Waals surface area contributed by atoms with E-state index in [1.54, 1.807) is 0 Å². The standard InChI is InChI=1S/C14H30N2O2/c1-11(2)8-7-9-15-12(3)10-16-13(17)18-14(4,5)6/h11-12,15H,7-10H2,1-6H3,(H,16,17). The summed E-state index contributed by atoms with van der Waals surface area (Å²) < 4.78 is 5.17. The van der Waals surface area contributed by atoms with Gasteiger partial charge in [0.1, 0.15) is 5.60 Å². The Morgan fingerprint density at radius 3 is 2.33 bits per heavy atom. The molecule has 0 bridgehead atoms. The molecule has 0 spiro atoms. The number of ether oxygens (including phenoxy) is 1. The SMILES string of the molecule is CC(C)CCCNC(C)CNC(=O)OC(C)(C)C. The van der Waals surface area contributed by atoms with Gasteiger partial charge in [0.05, 0.1) is 0 Å². The fourth-order valence-corrected chi connectivity index (χ4v) is 1.48. The van der Waals surface area contributed by atoms with E-state index in [2.05, 4.69) is 31.4 Å². The van der Waals surface area contributed by atoms with Gasteiger partial charge >= 0.3 is 6.09 Å². The summed E-state index contributed by atoms with van der Waals surface area (Å²) in [6.07, 6.45) is 2.06. The second-order valence-corrected chi connectivity index (χ2v) is 6.27. The van der Waals surface area contributed by atoms with Crippen molar-refractivity contribution in [3.05, 3.63) is 0 Å². The topological polar surface area (TPSA) is 50.4 Å². The molecule has 0 aliphatic rings. The number of hydrogen-bond acceptors (Lipinski definition) is 3. The highest BCUT2D eigenvalue weighted by Crippen LogP contribution is 2.06. The van der Waals surface area contributed by atoms with Crippen LogP contribution in [0.5, 0.6) is 0 Å². The first-order valence-electron chi connectivity index (χ1n) is 6.91. The number of hydrogen-bond donors (Lipinski definition) is 2. The van der Waals surface area contributed by atoms with Crippen molar-refractivity contribution in [3.8, 4) is 0 Å². The van der Waals surface area contributed by atoms with Gasteiger partial charge in [-0.1, -0.05) is 13.8 Å². The minimum Gasteiger partial charge on any atom is -0.444 e. The maximum absolute atomic E-state index is 11.4. The molecule has 0 rings (SSSR count). The van der Waals surface area contributed by atoms with E-state index in [1.807, 2.05) is 20.8 Å².